The van der Waals surface area contributed by atoms with Crippen molar-refractivity contribution in [2.75, 3.05) is 5.32 Å². The number of pyridine rings is 1. The second-order valence-electron chi connectivity index (χ2n) is 7.04. The van der Waals surface area contributed by atoms with Gasteiger partial charge in [-0.05, 0) is 73.2 Å². The number of alkyl halides is 3. The van der Waals surface area contributed by atoms with Crippen LogP contribution in [-0.4, -0.2) is 17.3 Å². The van der Waals surface area contributed by atoms with E-state index in [1.54, 1.807) is 35.5 Å². The van der Waals surface area contributed by atoms with Crippen molar-refractivity contribution in [2.45, 2.75) is 42.0 Å². The minimum Gasteiger partial charge on any atom is -0.406 e. The number of nitrogens with zero attached hydrogens (tertiary/aromatic N) is 1. The molecule has 0 spiro atoms. The largest absolute Gasteiger partial charge is 0.573 e. The maximum atomic E-state index is 13.2. The van der Waals surface area contributed by atoms with Gasteiger partial charge < -0.3 is 10.1 Å². The number of anilines is 1. The minimum atomic E-state index is -4.75. The molecule has 0 atom stereocenters. The van der Waals surface area contributed by atoms with Crippen LogP contribution in [0.2, 0.25) is 0 Å². The molecule has 4 rings (SSSR count). The first kappa shape index (κ1) is 21.7. The summed E-state index contributed by atoms with van der Waals surface area (Å²) in [5, 5.41) is 2.83. The maximum Gasteiger partial charge on any atom is 0.573 e. The van der Waals surface area contributed by atoms with Crippen molar-refractivity contribution in [3.05, 3.63) is 70.4 Å². The van der Waals surface area contributed by atoms with Crippen LogP contribution in [0.5, 0.6) is 5.75 Å². The van der Waals surface area contributed by atoms with E-state index in [1.807, 2.05) is 12.1 Å². The van der Waals surface area contributed by atoms with Crippen LogP contribution < -0.4 is 10.1 Å². The first-order valence-electron chi connectivity index (χ1n) is 9.72. The monoisotopic (exact) mass is 464 g/mol. The van der Waals surface area contributed by atoms with Gasteiger partial charge >= 0.3 is 6.36 Å². The molecule has 9 heteroatoms. The molecule has 1 N–H and O–H groups in total. The number of hydrogen-bond donors (Lipinski definition) is 1. The Hall–Kier alpha value is -2.52. The molecule has 2 heterocycles. The number of carbonyl (C=O) groups excluding carboxylic acids is 1. The van der Waals surface area contributed by atoms with Gasteiger partial charge in [0.2, 0.25) is 0 Å². The minimum absolute atomic E-state index is 0.235. The van der Waals surface area contributed by atoms with Gasteiger partial charge in [0.15, 0.2) is 0 Å². The van der Waals surface area contributed by atoms with E-state index in [0.29, 0.717) is 11.3 Å². The summed E-state index contributed by atoms with van der Waals surface area (Å²) in [6.45, 7) is 0. The molecule has 162 valence electrons. The molecular weight excluding hydrogens is 445 g/mol. The summed E-state index contributed by atoms with van der Waals surface area (Å²) in [5.74, 6) is 0.166. The number of halogens is 3. The molecule has 1 aliphatic rings. The molecule has 1 amide bonds. The third-order valence-electron chi connectivity index (χ3n) is 4.83. The average molecular weight is 465 g/mol. The van der Waals surface area contributed by atoms with Gasteiger partial charge in [-0.1, -0.05) is 0 Å². The summed E-state index contributed by atoms with van der Waals surface area (Å²) in [5.41, 5.74) is 3.33. The highest BCUT2D eigenvalue weighted by Gasteiger charge is 2.31. The number of fused-ring (bicyclic) bond motifs is 1. The van der Waals surface area contributed by atoms with Crippen molar-refractivity contribution in [1.82, 2.24) is 4.98 Å². The fourth-order valence-corrected chi connectivity index (χ4v) is 6.11. The molecule has 2 aromatic heterocycles. The fourth-order valence-electron chi connectivity index (χ4n) is 3.43. The Morgan fingerprint density at radius 3 is 2.52 bits per heavy atom. The van der Waals surface area contributed by atoms with Crippen molar-refractivity contribution < 1.29 is 22.7 Å². The van der Waals surface area contributed by atoms with Crippen LogP contribution in [0, 0.1) is 0 Å². The first-order valence-corrected chi connectivity index (χ1v) is 11.5. The van der Waals surface area contributed by atoms with E-state index in [0.717, 1.165) is 46.8 Å². The lowest BCUT2D eigenvalue weighted by Gasteiger charge is -2.14. The molecule has 0 fully saturated rings. The molecule has 0 aliphatic heterocycles. The number of ether oxygens (including phenoxy) is 1. The van der Waals surface area contributed by atoms with Crippen molar-refractivity contribution in [3.8, 4) is 5.75 Å². The standard InChI is InChI=1S/C22H19F3N2O2S2/c23-22(24,25)29-16-7-5-15(6-8-16)27-20(28)19-17-3-1-2-4-18(17)31-21(19)30-13-14-9-11-26-12-10-14/h5-12H,1-4,13H2,(H,27,28). The number of thioether (sulfide) groups is 1. The number of carbonyl (C=O) groups is 1. The van der Waals surface area contributed by atoms with E-state index in [1.165, 1.54) is 29.1 Å². The number of nitrogens with one attached hydrogen (secondary N) is 1. The number of hydrogen-bond acceptors (Lipinski definition) is 5. The van der Waals surface area contributed by atoms with E-state index in [2.05, 4.69) is 15.0 Å². The third-order valence-corrected chi connectivity index (χ3v) is 7.47. The third kappa shape index (κ3) is 5.59. The number of rotatable bonds is 6. The number of benzene rings is 1. The topological polar surface area (TPSA) is 51.2 Å². The SMILES string of the molecule is O=C(Nc1ccc(OC(F)(F)F)cc1)c1c(SCc2ccncc2)sc2c1CCCC2. The number of aromatic nitrogens is 1. The fraction of sp³-hybridized carbons (Fsp3) is 0.273. The van der Waals surface area contributed by atoms with Crippen LogP contribution in [0.25, 0.3) is 0 Å². The molecule has 0 unspecified atom stereocenters. The highest BCUT2D eigenvalue weighted by Crippen LogP contribution is 2.41. The summed E-state index contributed by atoms with van der Waals surface area (Å²) in [7, 11) is 0. The van der Waals surface area contributed by atoms with Crippen LogP contribution in [0.4, 0.5) is 18.9 Å². The highest BCUT2D eigenvalue weighted by atomic mass is 32.2. The lowest BCUT2D eigenvalue weighted by atomic mass is 9.95. The van der Waals surface area contributed by atoms with Crippen LogP contribution in [0.1, 0.15) is 39.2 Å². The van der Waals surface area contributed by atoms with Crippen LogP contribution in [0.3, 0.4) is 0 Å². The zero-order chi connectivity index (χ0) is 21.8. The zero-order valence-corrected chi connectivity index (χ0v) is 18.0. The summed E-state index contributed by atoms with van der Waals surface area (Å²) < 4.78 is 41.9. The zero-order valence-electron chi connectivity index (χ0n) is 16.4. The summed E-state index contributed by atoms with van der Waals surface area (Å²) in [4.78, 5) is 18.4. The number of amides is 1. The van der Waals surface area contributed by atoms with Gasteiger partial charge in [0.1, 0.15) is 5.75 Å². The molecular formula is C22H19F3N2O2S2. The van der Waals surface area contributed by atoms with Crippen molar-refractivity contribution in [1.29, 1.82) is 0 Å². The molecule has 3 aromatic rings. The Kier molecular flexibility index (Phi) is 6.52. The lowest BCUT2D eigenvalue weighted by molar-refractivity contribution is -0.274. The van der Waals surface area contributed by atoms with Gasteiger partial charge in [-0.3, -0.25) is 9.78 Å². The summed E-state index contributed by atoms with van der Waals surface area (Å²) in [6.07, 6.45) is 2.74. The normalized spacial score (nSPS) is 13.5. The van der Waals surface area contributed by atoms with E-state index < -0.39 is 6.36 Å². The highest BCUT2D eigenvalue weighted by molar-refractivity contribution is 8.00. The second kappa shape index (κ2) is 9.32. The molecule has 0 saturated carbocycles. The average Bonchev–Trinajstić information content (AvgIpc) is 3.12. The van der Waals surface area contributed by atoms with Crippen LogP contribution in [-0.2, 0) is 18.6 Å². The number of aryl methyl sites for hydroxylation is 1. The van der Waals surface area contributed by atoms with Crippen LogP contribution in [0.15, 0.2) is 53.0 Å². The Morgan fingerprint density at radius 2 is 1.81 bits per heavy atom. The van der Waals surface area contributed by atoms with Gasteiger partial charge in [0.05, 0.1) is 9.77 Å². The van der Waals surface area contributed by atoms with E-state index in [9.17, 15) is 18.0 Å². The number of thiophene rings is 1. The lowest BCUT2D eigenvalue weighted by Crippen LogP contribution is -2.17. The van der Waals surface area contributed by atoms with Gasteiger partial charge in [-0.15, -0.1) is 36.3 Å². The Morgan fingerprint density at radius 1 is 1.10 bits per heavy atom. The second-order valence-corrected chi connectivity index (χ2v) is 9.39. The predicted octanol–water partition coefficient (Wildman–Crippen LogP) is 6.47. The molecule has 0 saturated heterocycles. The molecule has 1 aromatic carbocycles. The maximum absolute atomic E-state index is 13.2. The molecule has 0 radical (unpaired) electrons. The van der Waals surface area contributed by atoms with Crippen LogP contribution >= 0.6 is 23.1 Å². The predicted molar refractivity (Wildman–Crippen MR) is 116 cm³/mol. The van der Waals surface area contributed by atoms with Crippen molar-refractivity contribution in [3.63, 3.8) is 0 Å². The van der Waals surface area contributed by atoms with E-state index in [4.69, 9.17) is 0 Å². The smallest absolute Gasteiger partial charge is 0.406 e. The summed E-state index contributed by atoms with van der Waals surface area (Å²) >= 11 is 3.30. The van der Waals surface area contributed by atoms with Gasteiger partial charge in [0.25, 0.3) is 5.91 Å². The van der Waals surface area contributed by atoms with E-state index in [-0.39, 0.29) is 11.7 Å². The molecule has 31 heavy (non-hydrogen) atoms. The first-order chi connectivity index (χ1) is 14.9. The van der Waals surface area contributed by atoms with Gasteiger partial charge in [-0.2, -0.15) is 0 Å². The summed E-state index contributed by atoms with van der Waals surface area (Å²) in [6, 6.07) is 9.08. The molecule has 4 nitrogen and oxygen atoms in total. The Balaban J connectivity index is 1.53. The van der Waals surface area contributed by atoms with Crippen molar-refractivity contribution >= 4 is 34.7 Å². The van der Waals surface area contributed by atoms with Crippen molar-refractivity contribution in [2.24, 2.45) is 0 Å². The molecule has 1 aliphatic carbocycles. The van der Waals surface area contributed by atoms with Gasteiger partial charge in [-0.25, -0.2) is 0 Å². The Labute approximate surface area is 185 Å². The quantitative estimate of drug-likeness (QED) is 0.425. The molecule has 0 bridgehead atoms. The van der Waals surface area contributed by atoms with E-state index >= 15 is 0 Å². The Bertz CT molecular complexity index is 1050. The van der Waals surface area contributed by atoms with Gasteiger partial charge in [0, 0.05) is 28.7 Å².